The number of fused-ring (bicyclic) bond motifs is 2. The number of likely N-dealkylation sites (N-methyl/N-ethyl adjacent to an activating group) is 1. The van der Waals surface area contributed by atoms with Gasteiger partial charge in [-0.1, -0.05) is 49.4 Å². The summed E-state index contributed by atoms with van der Waals surface area (Å²) in [4.78, 5) is 6.82. The molecule has 3 heteroatoms. The van der Waals surface area contributed by atoms with Crippen molar-refractivity contribution in [3.05, 3.63) is 65.2 Å². The van der Waals surface area contributed by atoms with Crippen molar-refractivity contribution in [1.82, 2.24) is 9.80 Å². The van der Waals surface area contributed by atoms with Gasteiger partial charge in [-0.2, -0.15) is 0 Å². The molecule has 0 aliphatic carbocycles. The summed E-state index contributed by atoms with van der Waals surface area (Å²) in [6, 6.07) is 18.5. The van der Waals surface area contributed by atoms with E-state index in [1.54, 1.807) is 11.1 Å². The SMILES string of the molecule is CCN(CCN1CCc2ccccc2C1)C1CCSc2ccccc21. The maximum Gasteiger partial charge on any atom is 0.0367 e. The van der Waals surface area contributed by atoms with Gasteiger partial charge in [0.2, 0.25) is 0 Å². The molecule has 0 saturated heterocycles. The number of rotatable bonds is 5. The van der Waals surface area contributed by atoms with Crippen LogP contribution in [-0.4, -0.2) is 41.7 Å². The first-order valence-electron chi connectivity index (χ1n) is 9.60. The van der Waals surface area contributed by atoms with Gasteiger partial charge in [-0.15, -0.1) is 11.8 Å². The van der Waals surface area contributed by atoms with Gasteiger partial charge in [0, 0.05) is 37.1 Å². The van der Waals surface area contributed by atoms with E-state index in [4.69, 9.17) is 0 Å². The molecular weight excluding hydrogens is 324 g/mol. The molecule has 2 aromatic rings. The normalized spacial score (nSPS) is 20.3. The molecule has 25 heavy (non-hydrogen) atoms. The van der Waals surface area contributed by atoms with Gasteiger partial charge >= 0.3 is 0 Å². The van der Waals surface area contributed by atoms with Crippen LogP contribution in [-0.2, 0) is 13.0 Å². The lowest BCUT2D eigenvalue weighted by Crippen LogP contribution is -2.40. The van der Waals surface area contributed by atoms with Crippen LogP contribution in [0.5, 0.6) is 0 Å². The van der Waals surface area contributed by atoms with Gasteiger partial charge in [0.25, 0.3) is 0 Å². The molecule has 0 bridgehead atoms. The third-order valence-electron chi connectivity index (χ3n) is 5.69. The minimum atomic E-state index is 0.597. The summed E-state index contributed by atoms with van der Waals surface area (Å²) in [5, 5.41) is 0. The van der Waals surface area contributed by atoms with Crippen LogP contribution in [0.2, 0.25) is 0 Å². The number of nitrogens with zero attached hydrogens (tertiary/aromatic N) is 2. The van der Waals surface area contributed by atoms with Gasteiger partial charge in [-0.3, -0.25) is 9.80 Å². The van der Waals surface area contributed by atoms with E-state index >= 15 is 0 Å². The Kier molecular flexibility index (Phi) is 5.45. The molecule has 0 spiro atoms. The minimum absolute atomic E-state index is 0.597. The van der Waals surface area contributed by atoms with Crippen molar-refractivity contribution in [3.63, 3.8) is 0 Å². The van der Waals surface area contributed by atoms with Gasteiger partial charge in [0.05, 0.1) is 0 Å². The monoisotopic (exact) mass is 352 g/mol. The summed E-state index contributed by atoms with van der Waals surface area (Å²) in [7, 11) is 0. The summed E-state index contributed by atoms with van der Waals surface area (Å²) in [6.07, 6.45) is 2.48. The Morgan fingerprint density at radius 2 is 1.88 bits per heavy atom. The van der Waals surface area contributed by atoms with Crippen LogP contribution < -0.4 is 0 Å². The van der Waals surface area contributed by atoms with Crippen molar-refractivity contribution in [1.29, 1.82) is 0 Å². The molecule has 0 radical (unpaired) electrons. The molecule has 4 rings (SSSR count). The first-order valence-corrected chi connectivity index (χ1v) is 10.6. The maximum atomic E-state index is 2.69. The third kappa shape index (κ3) is 3.79. The Bertz CT molecular complexity index is 715. The van der Waals surface area contributed by atoms with Gasteiger partial charge in [0.1, 0.15) is 0 Å². The molecule has 2 nitrogen and oxygen atoms in total. The quantitative estimate of drug-likeness (QED) is 0.776. The fourth-order valence-electron chi connectivity index (χ4n) is 4.25. The van der Waals surface area contributed by atoms with Crippen molar-refractivity contribution in [2.75, 3.05) is 31.9 Å². The van der Waals surface area contributed by atoms with Crippen LogP contribution in [0.15, 0.2) is 53.4 Å². The Morgan fingerprint density at radius 3 is 2.76 bits per heavy atom. The zero-order chi connectivity index (χ0) is 17.1. The summed E-state index contributed by atoms with van der Waals surface area (Å²) >= 11 is 2.02. The predicted molar refractivity (Wildman–Crippen MR) is 107 cm³/mol. The molecule has 0 aromatic heterocycles. The summed E-state index contributed by atoms with van der Waals surface area (Å²) in [5.41, 5.74) is 4.62. The standard InChI is InChI=1S/C22H28N2S/c1-2-24(21-12-16-25-22-10-6-5-9-20(21)22)15-14-23-13-11-18-7-3-4-8-19(18)17-23/h3-10,21H,2,11-17H2,1H3. The first kappa shape index (κ1) is 17.1. The van der Waals surface area contributed by atoms with Gasteiger partial charge in [-0.05, 0) is 47.9 Å². The van der Waals surface area contributed by atoms with Gasteiger partial charge in [-0.25, -0.2) is 0 Å². The molecule has 0 fully saturated rings. The first-order chi connectivity index (χ1) is 12.3. The molecule has 1 atom stereocenters. The molecule has 0 amide bonds. The minimum Gasteiger partial charge on any atom is -0.297 e. The van der Waals surface area contributed by atoms with Gasteiger partial charge < -0.3 is 0 Å². The smallest absolute Gasteiger partial charge is 0.0367 e. The summed E-state index contributed by atoms with van der Waals surface area (Å²) < 4.78 is 0. The molecule has 132 valence electrons. The fourth-order valence-corrected chi connectivity index (χ4v) is 5.36. The van der Waals surface area contributed by atoms with E-state index in [2.05, 4.69) is 65.3 Å². The fraction of sp³-hybridized carbons (Fsp3) is 0.455. The highest BCUT2D eigenvalue weighted by Crippen LogP contribution is 2.39. The predicted octanol–water partition coefficient (Wildman–Crippen LogP) is 4.60. The average molecular weight is 353 g/mol. The summed E-state index contributed by atoms with van der Waals surface area (Å²) in [6.45, 7) is 8.11. The topological polar surface area (TPSA) is 6.48 Å². The van der Waals surface area contributed by atoms with Crippen molar-refractivity contribution in [3.8, 4) is 0 Å². The number of hydrogen-bond acceptors (Lipinski definition) is 3. The Labute approximate surface area is 156 Å². The van der Waals surface area contributed by atoms with Crippen LogP contribution >= 0.6 is 11.8 Å². The van der Waals surface area contributed by atoms with E-state index in [1.165, 1.54) is 48.7 Å². The molecule has 2 heterocycles. The van der Waals surface area contributed by atoms with E-state index in [1.807, 2.05) is 11.8 Å². The van der Waals surface area contributed by atoms with E-state index in [0.717, 1.165) is 13.1 Å². The van der Waals surface area contributed by atoms with Crippen LogP contribution in [0.25, 0.3) is 0 Å². The molecular formula is C22H28N2S. The van der Waals surface area contributed by atoms with Crippen molar-refractivity contribution < 1.29 is 0 Å². The second kappa shape index (κ2) is 7.94. The third-order valence-corrected chi connectivity index (χ3v) is 6.81. The lowest BCUT2D eigenvalue weighted by atomic mass is 9.99. The Balaban J connectivity index is 1.41. The maximum absolute atomic E-state index is 2.69. The zero-order valence-corrected chi connectivity index (χ0v) is 16.0. The van der Waals surface area contributed by atoms with Crippen LogP contribution in [0.3, 0.4) is 0 Å². The molecule has 2 aliphatic heterocycles. The molecule has 1 unspecified atom stereocenters. The lowest BCUT2D eigenvalue weighted by Gasteiger charge is -2.37. The highest BCUT2D eigenvalue weighted by atomic mass is 32.2. The zero-order valence-electron chi connectivity index (χ0n) is 15.2. The highest BCUT2D eigenvalue weighted by Gasteiger charge is 2.26. The van der Waals surface area contributed by atoms with Crippen LogP contribution in [0, 0.1) is 0 Å². The molecule has 0 N–H and O–H groups in total. The van der Waals surface area contributed by atoms with E-state index in [0.29, 0.717) is 6.04 Å². The van der Waals surface area contributed by atoms with Crippen LogP contribution in [0.1, 0.15) is 36.1 Å². The van der Waals surface area contributed by atoms with Crippen LogP contribution in [0.4, 0.5) is 0 Å². The Hall–Kier alpha value is -1.29. The van der Waals surface area contributed by atoms with Crippen molar-refractivity contribution >= 4 is 11.8 Å². The number of hydrogen-bond donors (Lipinski definition) is 0. The molecule has 0 saturated carbocycles. The van der Waals surface area contributed by atoms with Crippen molar-refractivity contribution in [2.24, 2.45) is 0 Å². The number of thioether (sulfide) groups is 1. The second-order valence-electron chi connectivity index (χ2n) is 7.11. The second-order valence-corrected chi connectivity index (χ2v) is 8.25. The molecule has 2 aromatic carbocycles. The average Bonchev–Trinajstić information content (AvgIpc) is 2.68. The molecule has 2 aliphatic rings. The highest BCUT2D eigenvalue weighted by molar-refractivity contribution is 7.99. The Morgan fingerprint density at radius 1 is 1.08 bits per heavy atom. The number of benzene rings is 2. The largest absolute Gasteiger partial charge is 0.297 e. The van der Waals surface area contributed by atoms with E-state index < -0.39 is 0 Å². The van der Waals surface area contributed by atoms with Crippen molar-refractivity contribution in [2.45, 2.75) is 37.2 Å². The summed E-state index contributed by atoms with van der Waals surface area (Å²) in [5.74, 6) is 1.25. The lowest BCUT2D eigenvalue weighted by molar-refractivity contribution is 0.154. The van der Waals surface area contributed by atoms with E-state index in [9.17, 15) is 0 Å². The van der Waals surface area contributed by atoms with Gasteiger partial charge in [0.15, 0.2) is 0 Å². The van der Waals surface area contributed by atoms with E-state index in [-0.39, 0.29) is 0 Å².